The molecule has 5 aromatic carbocycles. The molecule has 47 heavy (non-hydrogen) atoms. The number of allylic oxidation sites excluding steroid dienone is 4. The van der Waals surface area contributed by atoms with E-state index in [4.69, 9.17) is 11.6 Å². The molecule has 1 aliphatic heterocycles. The molecule has 3 heteroatoms. The van der Waals surface area contributed by atoms with Gasteiger partial charge in [-0.1, -0.05) is 157 Å². The molecule has 0 saturated heterocycles. The van der Waals surface area contributed by atoms with Crippen LogP contribution in [0.3, 0.4) is 0 Å². The number of hydrogen-bond donors (Lipinski definition) is 0. The van der Waals surface area contributed by atoms with Crippen LogP contribution in [0.5, 0.6) is 0 Å². The van der Waals surface area contributed by atoms with E-state index in [1.807, 2.05) is 23.1 Å². The van der Waals surface area contributed by atoms with Crippen molar-refractivity contribution in [2.24, 2.45) is 0 Å². The molecule has 6 aromatic rings. The Morgan fingerprint density at radius 2 is 1.02 bits per heavy atom. The lowest BCUT2D eigenvalue weighted by Gasteiger charge is -2.17. The van der Waals surface area contributed by atoms with Crippen molar-refractivity contribution in [2.45, 2.75) is 6.42 Å². The maximum absolute atomic E-state index is 7.08. The fraction of sp³-hybridized carbons (Fsp3) is 0.0227. The fourth-order valence-electron chi connectivity index (χ4n) is 5.54. The molecule has 0 nitrogen and oxygen atoms in total. The zero-order chi connectivity index (χ0) is 31.8. The summed E-state index contributed by atoms with van der Waals surface area (Å²) in [6.45, 7) is 0. The lowest BCUT2D eigenvalue weighted by atomic mass is 10.0. The summed E-state index contributed by atoms with van der Waals surface area (Å²) in [5.41, 5.74) is 9.33. The van der Waals surface area contributed by atoms with Crippen LogP contribution in [0.1, 0.15) is 27.8 Å². The number of thioether (sulfide) groups is 1. The smallest absolute Gasteiger partial charge is 0.0888 e. The van der Waals surface area contributed by atoms with Crippen LogP contribution in [0.2, 0.25) is 5.02 Å². The molecule has 7 rings (SSSR count). The van der Waals surface area contributed by atoms with Crippen molar-refractivity contribution >= 4 is 56.7 Å². The molecule has 0 amide bonds. The minimum atomic E-state index is 0.737. The zero-order valence-corrected chi connectivity index (χ0v) is 28.1. The van der Waals surface area contributed by atoms with Crippen molar-refractivity contribution in [3.05, 3.63) is 208 Å². The zero-order valence-electron chi connectivity index (χ0n) is 25.7. The summed E-state index contributed by atoms with van der Waals surface area (Å²) in [7, 11) is 0. The van der Waals surface area contributed by atoms with Gasteiger partial charge in [0.05, 0.1) is 5.02 Å². The molecule has 0 saturated carbocycles. The Morgan fingerprint density at radius 1 is 0.532 bits per heavy atom. The van der Waals surface area contributed by atoms with Crippen LogP contribution >= 0.6 is 34.7 Å². The van der Waals surface area contributed by atoms with Crippen LogP contribution in [0.15, 0.2) is 175 Å². The van der Waals surface area contributed by atoms with Gasteiger partial charge in [0, 0.05) is 33.1 Å². The molecule has 2 heterocycles. The molecular formula is C44H32ClS2+. The van der Waals surface area contributed by atoms with Crippen LogP contribution in [0, 0.1) is 0 Å². The van der Waals surface area contributed by atoms with Gasteiger partial charge in [-0.3, -0.25) is 0 Å². The Kier molecular flexibility index (Phi) is 9.72. The van der Waals surface area contributed by atoms with Gasteiger partial charge in [0.2, 0.25) is 21.1 Å². The third-order valence-corrected chi connectivity index (χ3v) is 10.7. The monoisotopic (exact) mass is 659 g/mol. The first-order chi connectivity index (χ1) is 23.2. The highest BCUT2D eigenvalue weighted by Gasteiger charge is 2.18. The van der Waals surface area contributed by atoms with Crippen LogP contribution in [-0.2, 0) is 6.42 Å². The minimum absolute atomic E-state index is 0.737. The Bertz CT molecular complexity index is 2000. The van der Waals surface area contributed by atoms with Gasteiger partial charge in [-0.05, 0) is 76.2 Å². The van der Waals surface area contributed by atoms with Gasteiger partial charge in [0.15, 0.2) is 0 Å². The van der Waals surface area contributed by atoms with Gasteiger partial charge in [-0.2, -0.15) is 0 Å². The fourth-order valence-corrected chi connectivity index (χ4v) is 8.07. The summed E-state index contributed by atoms with van der Waals surface area (Å²) in [4.78, 5) is 4.95. The molecule has 226 valence electrons. The van der Waals surface area contributed by atoms with E-state index in [2.05, 4.69) is 182 Å². The maximum atomic E-state index is 7.08. The minimum Gasteiger partial charge on any atom is -0.0888 e. The van der Waals surface area contributed by atoms with E-state index in [1.165, 1.54) is 47.4 Å². The van der Waals surface area contributed by atoms with Crippen molar-refractivity contribution in [1.29, 1.82) is 0 Å². The normalized spacial score (nSPS) is 12.9. The van der Waals surface area contributed by atoms with Gasteiger partial charge in [-0.15, -0.1) is 0 Å². The van der Waals surface area contributed by atoms with Crippen molar-refractivity contribution < 1.29 is 0 Å². The number of hydrogen-bond acceptors (Lipinski definition) is 1. The van der Waals surface area contributed by atoms with Crippen LogP contribution < -0.4 is 0 Å². The van der Waals surface area contributed by atoms with Crippen LogP contribution in [0.4, 0.5) is 0 Å². The second-order valence-corrected chi connectivity index (χ2v) is 13.8. The van der Waals surface area contributed by atoms with Gasteiger partial charge in [0.1, 0.15) is 0 Å². The second kappa shape index (κ2) is 14.8. The highest BCUT2D eigenvalue weighted by molar-refractivity contribution is 8.16. The van der Waals surface area contributed by atoms with Crippen molar-refractivity contribution in [1.82, 2.24) is 0 Å². The summed E-state index contributed by atoms with van der Waals surface area (Å²) >= 11 is 10.7. The summed E-state index contributed by atoms with van der Waals surface area (Å²) in [6, 6.07) is 53.3. The topological polar surface area (TPSA) is 0 Å². The molecule has 1 aliphatic rings. The highest BCUT2D eigenvalue weighted by atomic mass is 35.5. The SMILES string of the molecule is Clc1c(/C=C/c2cc(-c3ccccc3)[s+]c(-c3ccccc3)c2)cccc1CC=C1C=C(c2ccccc2)SC(c2ccccc2)=C1. The molecule has 0 fully saturated rings. The van der Waals surface area contributed by atoms with Gasteiger partial charge in [-0.25, -0.2) is 0 Å². The molecule has 0 N–H and O–H groups in total. The van der Waals surface area contributed by atoms with Crippen molar-refractivity contribution in [2.75, 3.05) is 0 Å². The highest BCUT2D eigenvalue weighted by Crippen LogP contribution is 2.44. The standard InChI is InChI=1S/C44H32ClS2/c45-44-38(26-24-32-28-40(34-14-5-1-6-15-34)46-41(29-32)35-16-7-2-8-17-35)22-13-23-39(44)27-25-33-30-42(36-18-9-3-10-19-36)47-43(31-33)37-20-11-4-12-21-37/h1-26,28-31H,27H2/q+1/b26-24+. The first-order valence-electron chi connectivity index (χ1n) is 15.7. The predicted molar refractivity (Wildman–Crippen MR) is 208 cm³/mol. The summed E-state index contributed by atoms with van der Waals surface area (Å²) in [6.07, 6.45) is 11.9. The molecule has 1 aromatic heterocycles. The molecular weight excluding hydrogens is 628 g/mol. The van der Waals surface area contributed by atoms with E-state index in [0.717, 1.165) is 28.1 Å². The number of rotatable bonds is 8. The van der Waals surface area contributed by atoms with E-state index in [-0.39, 0.29) is 0 Å². The Labute approximate surface area is 290 Å². The largest absolute Gasteiger partial charge is 0.239 e. The lowest BCUT2D eigenvalue weighted by molar-refractivity contribution is 1.25. The quantitative estimate of drug-likeness (QED) is 0.147. The number of halogens is 1. The van der Waals surface area contributed by atoms with E-state index in [9.17, 15) is 0 Å². The van der Waals surface area contributed by atoms with E-state index in [0.29, 0.717) is 0 Å². The van der Waals surface area contributed by atoms with E-state index >= 15 is 0 Å². The summed E-state index contributed by atoms with van der Waals surface area (Å²) in [5.74, 6) is 0. The average Bonchev–Trinajstić information content (AvgIpc) is 3.15. The molecule has 0 radical (unpaired) electrons. The molecule has 0 atom stereocenters. The Hall–Kier alpha value is -4.73. The van der Waals surface area contributed by atoms with Crippen molar-refractivity contribution in [3.63, 3.8) is 0 Å². The first kappa shape index (κ1) is 30.9. The molecule has 0 unspecified atom stereocenters. The van der Waals surface area contributed by atoms with Crippen LogP contribution in [0.25, 0.3) is 42.8 Å². The third kappa shape index (κ3) is 7.64. The van der Waals surface area contributed by atoms with Crippen molar-refractivity contribution in [3.8, 4) is 20.9 Å². The van der Waals surface area contributed by atoms with E-state index < -0.39 is 0 Å². The average molecular weight is 660 g/mol. The van der Waals surface area contributed by atoms with Gasteiger partial charge in [0.25, 0.3) is 0 Å². The molecule has 0 spiro atoms. The third-order valence-electron chi connectivity index (χ3n) is 7.99. The van der Waals surface area contributed by atoms with E-state index in [1.54, 1.807) is 0 Å². The van der Waals surface area contributed by atoms with Gasteiger partial charge < -0.3 is 0 Å². The second-order valence-electron chi connectivity index (χ2n) is 11.3. The first-order valence-corrected chi connectivity index (χ1v) is 17.7. The summed E-state index contributed by atoms with van der Waals surface area (Å²) in [5, 5.41) is 0.788. The molecule has 0 aliphatic carbocycles. The Morgan fingerprint density at radius 3 is 1.53 bits per heavy atom. The maximum Gasteiger partial charge on any atom is 0.239 e. The van der Waals surface area contributed by atoms with Crippen LogP contribution in [-0.4, -0.2) is 0 Å². The number of benzene rings is 5. The molecule has 0 bridgehead atoms. The summed E-state index contributed by atoms with van der Waals surface area (Å²) < 4.78 is 0. The lowest BCUT2D eigenvalue weighted by Crippen LogP contribution is -1.93. The predicted octanol–water partition coefficient (Wildman–Crippen LogP) is 13.5. The van der Waals surface area contributed by atoms with Gasteiger partial charge >= 0.3 is 0 Å². The Balaban J connectivity index is 1.19.